The Balaban J connectivity index is 2.42. The largest absolute Gasteiger partial charge is 0.327 e. The summed E-state index contributed by atoms with van der Waals surface area (Å²) in [6, 6.07) is 0.394. The van der Waals surface area contributed by atoms with Gasteiger partial charge < -0.3 is 11.1 Å². The normalized spacial score (nSPS) is 33.7. The zero-order valence-electron chi connectivity index (χ0n) is 13.3. The highest BCUT2D eigenvalue weighted by molar-refractivity contribution is 4.94. The van der Waals surface area contributed by atoms with Crippen LogP contribution in [-0.2, 0) is 0 Å². The van der Waals surface area contributed by atoms with E-state index in [9.17, 15) is 0 Å². The summed E-state index contributed by atoms with van der Waals surface area (Å²) in [4.78, 5) is 0. The molecule has 2 nitrogen and oxygen atoms in total. The summed E-state index contributed by atoms with van der Waals surface area (Å²) in [6.07, 6.45) is 2.47. The second kappa shape index (κ2) is 6.38. The smallest absolute Gasteiger partial charge is 0.00698 e. The fraction of sp³-hybridized carbons (Fsp3) is 1.00. The zero-order chi connectivity index (χ0) is 13.9. The molecule has 0 saturated heterocycles. The fourth-order valence-corrected chi connectivity index (χ4v) is 3.03. The summed E-state index contributed by atoms with van der Waals surface area (Å²) >= 11 is 0. The molecule has 4 unspecified atom stereocenters. The highest BCUT2D eigenvalue weighted by atomic mass is 14.9. The first-order valence-corrected chi connectivity index (χ1v) is 7.73. The summed E-state index contributed by atoms with van der Waals surface area (Å²) in [5.74, 6) is 2.92. The third kappa shape index (κ3) is 3.71. The molecule has 0 bridgehead atoms. The van der Waals surface area contributed by atoms with Crippen molar-refractivity contribution in [3.63, 3.8) is 0 Å². The maximum absolute atomic E-state index is 6.21. The minimum Gasteiger partial charge on any atom is -0.327 e. The van der Waals surface area contributed by atoms with Gasteiger partial charge in [-0.25, -0.2) is 0 Å². The molecule has 0 aromatic rings. The lowest BCUT2D eigenvalue weighted by atomic mass is 9.61. The Hall–Kier alpha value is -0.0800. The number of hydrogen-bond donors (Lipinski definition) is 2. The van der Waals surface area contributed by atoms with E-state index < -0.39 is 0 Å². The lowest BCUT2D eigenvalue weighted by Crippen LogP contribution is -2.49. The fourth-order valence-electron chi connectivity index (χ4n) is 3.03. The highest BCUT2D eigenvalue weighted by Crippen LogP contribution is 2.43. The molecule has 1 rings (SSSR count). The molecule has 1 aliphatic carbocycles. The third-order valence-electron chi connectivity index (χ3n) is 5.71. The molecule has 4 atom stereocenters. The molecule has 2 heteroatoms. The van der Waals surface area contributed by atoms with Gasteiger partial charge in [0, 0.05) is 6.04 Å². The second-order valence-electron chi connectivity index (χ2n) is 7.43. The van der Waals surface area contributed by atoms with Crippen molar-refractivity contribution in [1.82, 2.24) is 5.32 Å². The van der Waals surface area contributed by atoms with E-state index in [1.165, 1.54) is 12.8 Å². The van der Waals surface area contributed by atoms with Crippen LogP contribution in [0.5, 0.6) is 0 Å². The molecule has 0 heterocycles. The Bertz CT molecular complexity index is 247. The van der Waals surface area contributed by atoms with Crippen LogP contribution in [0.3, 0.4) is 0 Å². The van der Waals surface area contributed by atoms with Crippen molar-refractivity contribution < 1.29 is 0 Å². The maximum Gasteiger partial charge on any atom is 0.00698 e. The molecule has 0 aliphatic heterocycles. The summed E-state index contributed by atoms with van der Waals surface area (Å²) in [5, 5.41) is 3.69. The topological polar surface area (TPSA) is 38.0 Å². The van der Waals surface area contributed by atoms with E-state index in [1.807, 2.05) is 0 Å². The molecule has 18 heavy (non-hydrogen) atoms. The van der Waals surface area contributed by atoms with Crippen LogP contribution in [0.4, 0.5) is 0 Å². The average molecular weight is 254 g/mol. The van der Waals surface area contributed by atoms with Crippen molar-refractivity contribution >= 4 is 0 Å². The Kier molecular flexibility index (Phi) is 5.67. The molecule has 108 valence electrons. The van der Waals surface area contributed by atoms with Crippen LogP contribution in [-0.4, -0.2) is 19.1 Å². The van der Waals surface area contributed by atoms with Gasteiger partial charge in [-0.3, -0.25) is 0 Å². The van der Waals surface area contributed by atoms with Crippen molar-refractivity contribution in [1.29, 1.82) is 0 Å². The van der Waals surface area contributed by atoms with Gasteiger partial charge in [0.25, 0.3) is 0 Å². The average Bonchev–Trinajstić information content (AvgIpc) is 2.29. The van der Waals surface area contributed by atoms with E-state index in [0.29, 0.717) is 17.4 Å². The minimum atomic E-state index is 0.367. The monoisotopic (exact) mass is 254 g/mol. The Morgan fingerprint density at radius 1 is 1.22 bits per heavy atom. The standard InChI is InChI=1S/C16H34N2/c1-11(2)12(3)9-18-10-14-7-8-15(17)13(4)16(14,5)6/h11-15,18H,7-10,17H2,1-6H3. The van der Waals surface area contributed by atoms with E-state index >= 15 is 0 Å². The summed E-state index contributed by atoms with van der Waals surface area (Å²) in [7, 11) is 0. The van der Waals surface area contributed by atoms with Gasteiger partial charge in [-0.2, -0.15) is 0 Å². The van der Waals surface area contributed by atoms with E-state index in [0.717, 1.165) is 30.8 Å². The molecule has 1 saturated carbocycles. The van der Waals surface area contributed by atoms with Crippen LogP contribution >= 0.6 is 0 Å². The van der Waals surface area contributed by atoms with Gasteiger partial charge in [0.2, 0.25) is 0 Å². The SMILES string of the molecule is CC(C)C(C)CNCC1CCC(N)C(C)C1(C)C. The van der Waals surface area contributed by atoms with Gasteiger partial charge in [0.1, 0.15) is 0 Å². The number of rotatable bonds is 5. The molecule has 0 radical (unpaired) electrons. The Morgan fingerprint density at radius 2 is 1.83 bits per heavy atom. The van der Waals surface area contributed by atoms with Gasteiger partial charge in [-0.1, -0.05) is 41.5 Å². The molecule has 0 amide bonds. The number of nitrogens with one attached hydrogen (secondary N) is 1. The van der Waals surface area contributed by atoms with Crippen LogP contribution in [0, 0.1) is 29.1 Å². The first-order chi connectivity index (χ1) is 8.26. The molecule has 1 aliphatic rings. The first kappa shape index (κ1) is 16.0. The molecular formula is C16H34N2. The van der Waals surface area contributed by atoms with Crippen molar-refractivity contribution in [2.45, 2.75) is 60.4 Å². The van der Waals surface area contributed by atoms with E-state index in [4.69, 9.17) is 5.73 Å². The van der Waals surface area contributed by atoms with Crippen LogP contribution in [0.1, 0.15) is 54.4 Å². The van der Waals surface area contributed by atoms with Crippen molar-refractivity contribution in [3.8, 4) is 0 Å². The summed E-state index contributed by atoms with van der Waals surface area (Å²) < 4.78 is 0. The van der Waals surface area contributed by atoms with E-state index in [2.05, 4.69) is 46.9 Å². The van der Waals surface area contributed by atoms with Crippen LogP contribution in [0.25, 0.3) is 0 Å². The predicted molar refractivity (Wildman–Crippen MR) is 80.5 cm³/mol. The lowest BCUT2D eigenvalue weighted by Gasteiger charge is -2.47. The zero-order valence-corrected chi connectivity index (χ0v) is 13.3. The predicted octanol–water partition coefficient (Wildman–Crippen LogP) is 3.27. The van der Waals surface area contributed by atoms with Gasteiger partial charge in [-0.15, -0.1) is 0 Å². The number of hydrogen-bond acceptors (Lipinski definition) is 2. The van der Waals surface area contributed by atoms with Crippen molar-refractivity contribution in [2.75, 3.05) is 13.1 Å². The molecule has 0 spiro atoms. The van der Waals surface area contributed by atoms with Gasteiger partial charge in [-0.05, 0) is 55.0 Å². The van der Waals surface area contributed by atoms with Gasteiger partial charge >= 0.3 is 0 Å². The third-order valence-corrected chi connectivity index (χ3v) is 5.71. The quantitative estimate of drug-likeness (QED) is 0.790. The Morgan fingerprint density at radius 3 is 2.39 bits per heavy atom. The Labute approximate surface area is 114 Å². The highest BCUT2D eigenvalue weighted by Gasteiger charge is 2.41. The molecule has 3 N–H and O–H groups in total. The maximum atomic E-state index is 6.21. The van der Waals surface area contributed by atoms with E-state index in [-0.39, 0.29) is 0 Å². The molecule has 1 fully saturated rings. The number of nitrogens with two attached hydrogens (primary N) is 1. The van der Waals surface area contributed by atoms with Crippen LogP contribution in [0.2, 0.25) is 0 Å². The molecular weight excluding hydrogens is 220 g/mol. The van der Waals surface area contributed by atoms with Gasteiger partial charge in [0.15, 0.2) is 0 Å². The molecule has 0 aromatic heterocycles. The second-order valence-corrected chi connectivity index (χ2v) is 7.43. The molecule has 0 aromatic carbocycles. The first-order valence-electron chi connectivity index (χ1n) is 7.73. The summed E-state index contributed by atoms with van der Waals surface area (Å²) in [6.45, 7) is 16.4. The van der Waals surface area contributed by atoms with Crippen molar-refractivity contribution in [2.24, 2.45) is 34.8 Å². The lowest BCUT2D eigenvalue weighted by molar-refractivity contribution is 0.0533. The van der Waals surface area contributed by atoms with Crippen LogP contribution in [0.15, 0.2) is 0 Å². The van der Waals surface area contributed by atoms with E-state index in [1.54, 1.807) is 0 Å². The summed E-state index contributed by atoms with van der Waals surface area (Å²) in [5.41, 5.74) is 6.58. The minimum absolute atomic E-state index is 0.367. The van der Waals surface area contributed by atoms with Crippen LogP contribution < -0.4 is 11.1 Å². The van der Waals surface area contributed by atoms with Crippen molar-refractivity contribution in [3.05, 3.63) is 0 Å². The van der Waals surface area contributed by atoms with Gasteiger partial charge in [0.05, 0.1) is 0 Å².